The van der Waals surface area contributed by atoms with E-state index >= 15 is 0 Å². The highest BCUT2D eigenvalue weighted by molar-refractivity contribution is 6.12. The van der Waals surface area contributed by atoms with Crippen LogP contribution in [-0.2, 0) is 0 Å². The van der Waals surface area contributed by atoms with Gasteiger partial charge >= 0.3 is 0 Å². The zero-order valence-corrected chi connectivity index (χ0v) is 24.3. The lowest BCUT2D eigenvalue weighted by molar-refractivity contribution is 0.670. The second-order valence-electron chi connectivity index (χ2n) is 11.8. The molecule has 3 aromatic heterocycles. The van der Waals surface area contributed by atoms with Gasteiger partial charge in [-0.25, -0.2) is 0 Å². The Hall–Kier alpha value is -6.06. The van der Waals surface area contributed by atoms with Crippen molar-refractivity contribution in [3.05, 3.63) is 152 Å². The van der Waals surface area contributed by atoms with Crippen molar-refractivity contribution in [2.24, 2.45) is 0 Å². The number of nitrogens with one attached hydrogen (secondary N) is 1. The van der Waals surface area contributed by atoms with Gasteiger partial charge in [-0.1, -0.05) is 97.1 Å². The highest BCUT2D eigenvalue weighted by Crippen LogP contribution is 2.39. The number of hydrogen-bond acceptors (Lipinski definition) is 1. The molecule has 0 unspecified atom stereocenters. The second kappa shape index (κ2) is 9.22. The third-order valence-corrected chi connectivity index (χ3v) is 9.35. The third-order valence-electron chi connectivity index (χ3n) is 9.35. The molecule has 210 valence electrons. The van der Waals surface area contributed by atoms with E-state index in [0.717, 1.165) is 44.3 Å². The Balaban J connectivity index is 1.10. The molecule has 1 N–H and O–H groups in total. The standard InChI is InChI=1S/C42H26N2O/c1-4-13-37-31(8-1)35-24-27(18-22-38(35)43-37)28-19-23-40-36(25-28)32-9-2-5-14-39(32)44(40)29-20-16-26(17-21-29)30-11-7-12-34-33-10-3-6-15-41(33)45-42(30)34/h1-25,43H. The first-order chi connectivity index (χ1) is 22.3. The van der Waals surface area contributed by atoms with E-state index in [2.05, 4.69) is 149 Å². The summed E-state index contributed by atoms with van der Waals surface area (Å²) in [5, 5.41) is 7.30. The van der Waals surface area contributed by atoms with Crippen LogP contribution in [0.3, 0.4) is 0 Å². The molecule has 10 aromatic rings. The van der Waals surface area contributed by atoms with Gasteiger partial charge in [-0.15, -0.1) is 0 Å². The van der Waals surface area contributed by atoms with E-state index in [1.54, 1.807) is 0 Å². The van der Waals surface area contributed by atoms with Gasteiger partial charge < -0.3 is 14.0 Å². The summed E-state index contributed by atoms with van der Waals surface area (Å²) >= 11 is 0. The van der Waals surface area contributed by atoms with Crippen LogP contribution in [0.4, 0.5) is 0 Å². The minimum absolute atomic E-state index is 0.919. The molecule has 0 atom stereocenters. The maximum Gasteiger partial charge on any atom is 0.143 e. The normalized spacial score (nSPS) is 12.0. The van der Waals surface area contributed by atoms with E-state index in [9.17, 15) is 0 Å². The van der Waals surface area contributed by atoms with Crippen LogP contribution in [0.1, 0.15) is 0 Å². The maximum absolute atomic E-state index is 6.34. The lowest BCUT2D eigenvalue weighted by Crippen LogP contribution is -1.93. The molecule has 7 aromatic carbocycles. The van der Waals surface area contributed by atoms with E-state index in [4.69, 9.17) is 4.42 Å². The van der Waals surface area contributed by atoms with Gasteiger partial charge in [-0.2, -0.15) is 0 Å². The van der Waals surface area contributed by atoms with Gasteiger partial charge in [0.25, 0.3) is 0 Å². The topological polar surface area (TPSA) is 33.9 Å². The number of furan rings is 1. The van der Waals surface area contributed by atoms with Crippen LogP contribution in [-0.4, -0.2) is 9.55 Å². The molecule has 0 saturated heterocycles. The summed E-state index contributed by atoms with van der Waals surface area (Å²) in [6.07, 6.45) is 0. The van der Waals surface area contributed by atoms with Crippen molar-refractivity contribution >= 4 is 65.6 Å². The van der Waals surface area contributed by atoms with Crippen LogP contribution < -0.4 is 0 Å². The summed E-state index contributed by atoms with van der Waals surface area (Å²) in [6.45, 7) is 0. The minimum Gasteiger partial charge on any atom is -0.455 e. The molecule has 3 heteroatoms. The first kappa shape index (κ1) is 24.4. The number of H-pyrrole nitrogens is 1. The Bertz CT molecular complexity index is 2760. The van der Waals surface area contributed by atoms with Gasteiger partial charge in [-0.3, -0.25) is 0 Å². The van der Waals surface area contributed by atoms with Gasteiger partial charge in [-0.05, 0) is 71.3 Å². The largest absolute Gasteiger partial charge is 0.455 e. The first-order valence-corrected chi connectivity index (χ1v) is 15.4. The SMILES string of the molecule is c1ccc2c(c1)[nH]c1ccc(-c3ccc4c(c3)c3ccccc3n4-c3ccc(-c4cccc5c4oc4ccccc45)cc3)cc12. The van der Waals surface area contributed by atoms with Crippen LogP contribution in [0.5, 0.6) is 0 Å². The summed E-state index contributed by atoms with van der Waals surface area (Å²) < 4.78 is 8.71. The molecule has 0 aliphatic heterocycles. The maximum atomic E-state index is 6.34. The second-order valence-corrected chi connectivity index (χ2v) is 11.8. The molecule has 0 spiro atoms. The predicted molar refractivity (Wildman–Crippen MR) is 188 cm³/mol. The molecule has 10 rings (SSSR count). The molecule has 0 bridgehead atoms. The average Bonchev–Trinajstić information content (AvgIpc) is 3.77. The van der Waals surface area contributed by atoms with Crippen LogP contribution in [0.25, 0.3) is 93.5 Å². The van der Waals surface area contributed by atoms with Crippen LogP contribution in [0, 0.1) is 0 Å². The molecule has 3 nitrogen and oxygen atoms in total. The highest BCUT2D eigenvalue weighted by Gasteiger charge is 2.16. The number of hydrogen-bond donors (Lipinski definition) is 1. The van der Waals surface area contributed by atoms with E-state index in [1.165, 1.54) is 49.2 Å². The molecule has 45 heavy (non-hydrogen) atoms. The van der Waals surface area contributed by atoms with Crippen LogP contribution in [0.2, 0.25) is 0 Å². The first-order valence-electron chi connectivity index (χ1n) is 15.4. The Morgan fingerprint density at radius 2 is 1.07 bits per heavy atom. The summed E-state index contributed by atoms with van der Waals surface area (Å²) in [4.78, 5) is 3.55. The molecule has 0 saturated carbocycles. The van der Waals surface area contributed by atoms with Crippen molar-refractivity contribution in [1.82, 2.24) is 9.55 Å². The van der Waals surface area contributed by atoms with Gasteiger partial charge in [0.05, 0.1) is 11.0 Å². The molecule has 3 heterocycles. The lowest BCUT2D eigenvalue weighted by Gasteiger charge is -2.10. The predicted octanol–water partition coefficient (Wildman–Crippen LogP) is 11.7. The zero-order chi connectivity index (χ0) is 29.5. The van der Waals surface area contributed by atoms with Crippen LogP contribution >= 0.6 is 0 Å². The van der Waals surface area contributed by atoms with Crippen LogP contribution in [0.15, 0.2) is 156 Å². The van der Waals surface area contributed by atoms with Gasteiger partial charge in [0.2, 0.25) is 0 Å². The number of nitrogens with zero attached hydrogens (tertiary/aromatic N) is 1. The number of rotatable bonds is 3. The number of fused-ring (bicyclic) bond motifs is 9. The van der Waals surface area contributed by atoms with Crippen molar-refractivity contribution in [1.29, 1.82) is 0 Å². The van der Waals surface area contributed by atoms with Gasteiger partial charge in [0.15, 0.2) is 0 Å². The molecule has 0 amide bonds. The summed E-state index contributed by atoms with van der Waals surface area (Å²) in [6, 6.07) is 54.4. The quantitative estimate of drug-likeness (QED) is 0.224. The van der Waals surface area contributed by atoms with E-state index in [0.29, 0.717) is 0 Å². The van der Waals surface area contributed by atoms with Crippen molar-refractivity contribution in [2.45, 2.75) is 0 Å². The smallest absolute Gasteiger partial charge is 0.143 e. The van der Waals surface area contributed by atoms with Gasteiger partial charge in [0, 0.05) is 54.6 Å². The molecule has 0 radical (unpaired) electrons. The number of aromatic nitrogens is 2. The highest BCUT2D eigenvalue weighted by atomic mass is 16.3. The Morgan fingerprint density at radius 3 is 1.96 bits per heavy atom. The van der Waals surface area contributed by atoms with Gasteiger partial charge in [0.1, 0.15) is 11.2 Å². The summed E-state index contributed by atoms with van der Waals surface area (Å²) in [7, 11) is 0. The molecule has 0 aliphatic carbocycles. The fraction of sp³-hybridized carbons (Fsp3) is 0. The monoisotopic (exact) mass is 574 g/mol. The lowest BCUT2D eigenvalue weighted by atomic mass is 10.0. The molecule has 0 fully saturated rings. The van der Waals surface area contributed by atoms with Crippen molar-refractivity contribution in [3.63, 3.8) is 0 Å². The fourth-order valence-corrected chi connectivity index (χ4v) is 7.22. The summed E-state index contributed by atoms with van der Waals surface area (Å²) in [5.41, 5.74) is 12.4. The van der Waals surface area contributed by atoms with E-state index in [1.807, 2.05) is 12.1 Å². The molecule has 0 aliphatic rings. The summed E-state index contributed by atoms with van der Waals surface area (Å²) in [5.74, 6) is 0. The average molecular weight is 575 g/mol. The van der Waals surface area contributed by atoms with Crippen molar-refractivity contribution in [2.75, 3.05) is 0 Å². The third kappa shape index (κ3) is 3.58. The van der Waals surface area contributed by atoms with E-state index in [-0.39, 0.29) is 0 Å². The van der Waals surface area contributed by atoms with E-state index < -0.39 is 0 Å². The number of para-hydroxylation sites is 4. The number of benzene rings is 7. The molecular formula is C42H26N2O. The Kier molecular flexibility index (Phi) is 5.00. The van der Waals surface area contributed by atoms with Crippen molar-refractivity contribution in [3.8, 4) is 27.9 Å². The fourth-order valence-electron chi connectivity index (χ4n) is 7.22. The van der Waals surface area contributed by atoms with Crippen molar-refractivity contribution < 1.29 is 4.42 Å². The Morgan fingerprint density at radius 1 is 0.422 bits per heavy atom. The molecular weight excluding hydrogens is 548 g/mol. The Labute approximate surface area is 258 Å². The minimum atomic E-state index is 0.919. The number of aromatic amines is 1. The zero-order valence-electron chi connectivity index (χ0n) is 24.3.